The Morgan fingerprint density at radius 3 is 2.49 bits per heavy atom. The largest absolute Gasteiger partial charge is 0.748 e. The van der Waals surface area contributed by atoms with E-state index in [0.717, 1.165) is 23.2 Å². The highest BCUT2D eigenvalue weighted by Gasteiger charge is 2.43. The third-order valence-corrected chi connectivity index (χ3v) is 11.0. The van der Waals surface area contributed by atoms with E-state index in [2.05, 4.69) is 6.92 Å². The fourth-order valence-corrected chi connectivity index (χ4v) is 7.16. The van der Waals surface area contributed by atoms with Crippen LogP contribution < -0.4 is 9.64 Å². The van der Waals surface area contributed by atoms with Crippen LogP contribution in [-0.2, 0) is 25.0 Å². The Hall–Kier alpha value is -2.90. The molecule has 0 saturated heterocycles. The molecule has 0 bridgehead atoms. The molecule has 5 unspecified atom stereocenters. The number of fused-ring (bicyclic) bond motifs is 2. The second-order valence-electron chi connectivity index (χ2n) is 11.8. The summed E-state index contributed by atoms with van der Waals surface area (Å²) in [7, 11) is -8.79. The van der Waals surface area contributed by atoms with Gasteiger partial charge in [-0.15, -0.1) is 0 Å². The third kappa shape index (κ3) is 8.28. The molecule has 3 aliphatic rings. The predicted octanol–water partition coefficient (Wildman–Crippen LogP) is 4.81. The molecule has 1 aliphatic carbocycles. The molecule has 0 radical (unpaired) electrons. The molecule has 0 aromatic heterocycles. The van der Waals surface area contributed by atoms with E-state index in [1.54, 1.807) is 6.08 Å². The Balaban J connectivity index is 1.39. The molecular formula is C32H38ClN2O8S2-. The van der Waals surface area contributed by atoms with Crippen molar-refractivity contribution in [2.24, 2.45) is 5.92 Å². The summed E-state index contributed by atoms with van der Waals surface area (Å²) in [5, 5.41) is -0.488. The molecule has 0 spiro atoms. The number of allylic oxidation sites excluding steroid dienone is 2. The van der Waals surface area contributed by atoms with Gasteiger partial charge in [-0.05, 0) is 54.7 Å². The van der Waals surface area contributed by atoms with E-state index >= 15 is 0 Å². The van der Waals surface area contributed by atoms with E-state index in [1.165, 1.54) is 6.92 Å². The maximum absolute atomic E-state index is 11.7. The fraction of sp³-hybridized carbons (Fsp3) is 0.469. The summed E-state index contributed by atoms with van der Waals surface area (Å²) < 4.78 is 83.8. The van der Waals surface area contributed by atoms with Gasteiger partial charge in [0.1, 0.15) is 12.3 Å². The molecule has 2 heterocycles. The van der Waals surface area contributed by atoms with Crippen molar-refractivity contribution < 1.29 is 40.0 Å². The van der Waals surface area contributed by atoms with Gasteiger partial charge in [0.05, 0.1) is 32.3 Å². The van der Waals surface area contributed by atoms with Crippen LogP contribution in [0.4, 0.5) is 5.69 Å². The van der Waals surface area contributed by atoms with Crippen LogP contribution in [0.1, 0.15) is 46.0 Å². The Morgan fingerprint density at radius 1 is 1.04 bits per heavy atom. The van der Waals surface area contributed by atoms with Crippen LogP contribution in [0, 0.1) is 5.92 Å². The van der Waals surface area contributed by atoms with Crippen LogP contribution in [0.2, 0.25) is 0 Å². The molecule has 2 aromatic carbocycles. The normalized spacial score (nSPS) is 22.4. The highest BCUT2D eigenvalue weighted by atomic mass is 35.5. The number of ether oxygens (including phenoxy) is 2. The lowest BCUT2D eigenvalue weighted by Gasteiger charge is -2.29. The van der Waals surface area contributed by atoms with Crippen molar-refractivity contribution in [1.82, 2.24) is 0 Å². The molecule has 0 amide bonds. The predicted molar refractivity (Wildman–Crippen MR) is 171 cm³/mol. The monoisotopic (exact) mass is 677 g/mol. The van der Waals surface area contributed by atoms with Gasteiger partial charge in [-0.2, -0.15) is 4.58 Å². The number of hydrogen-bond acceptors (Lipinski definition) is 9. The zero-order chi connectivity index (χ0) is 32.4. The Bertz CT molecular complexity index is 1690. The lowest BCUT2D eigenvalue weighted by atomic mass is 9.96. The van der Waals surface area contributed by atoms with Gasteiger partial charge in [-0.3, -0.25) is 0 Å². The van der Waals surface area contributed by atoms with Crippen LogP contribution in [0.5, 0.6) is 5.75 Å². The van der Waals surface area contributed by atoms with Crippen molar-refractivity contribution in [3.8, 4) is 16.9 Å². The minimum absolute atomic E-state index is 0.0744. The first kappa shape index (κ1) is 33.5. The van der Waals surface area contributed by atoms with Crippen LogP contribution in [-0.4, -0.2) is 78.9 Å². The van der Waals surface area contributed by atoms with E-state index in [0.29, 0.717) is 42.6 Å². The third-order valence-electron chi connectivity index (χ3n) is 8.69. The van der Waals surface area contributed by atoms with E-state index in [1.807, 2.05) is 70.2 Å². The number of anilines is 1. The van der Waals surface area contributed by atoms with Gasteiger partial charge in [0.2, 0.25) is 6.04 Å². The van der Waals surface area contributed by atoms with Crippen LogP contribution in [0.25, 0.3) is 11.1 Å². The molecule has 13 heteroatoms. The first-order valence-electron chi connectivity index (χ1n) is 15.2. The zero-order valence-electron chi connectivity index (χ0n) is 25.2. The molecule has 0 fully saturated rings. The SMILES string of the molecule is CCC(CC1=[N+](CCCS(=O)(=O)[O-])C2C=C(Cl)C=CC2O1)CC1Oc2ccc(-c3ccccc3)cc2N1CCC(C)S(=O)(=O)[O-]. The molecule has 5 atom stereocenters. The van der Waals surface area contributed by atoms with Gasteiger partial charge in [0.25, 0.3) is 0 Å². The summed E-state index contributed by atoms with van der Waals surface area (Å²) in [6.07, 6.45) is 7.06. The summed E-state index contributed by atoms with van der Waals surface area (Å²) in [5.74, 6) is 0.996. The van der Waals surface area contributed by atoms with Gasteiger partial charge in [0.15, 0.2) is 12.3 Å². The van der Waals surface area contributed by atoms with Crippen LogP contribution in [0.15, 0.2) is 71.8 Å². The average Bonchev–Trinajstić information content (AvgIpc) is 3.50. The number of nitrogens with zero attached hydrogens (tertiary/aromatic N) is 2. The molecular weight excluding hydrogens is 640 g/mol. The minimum atomic E-state index is -4.44. The Labute approximate surface area is 270 Å². The number of halogens is 1. The number of benzene rings is 2. The maximum atomic E-state index is 11.7. The smallest absolute Gasteiger partial charge is 0.338 e. The maximum Gasteiger partial charge on any atom is 0.338 e. The van der Waals surface area contributed by atoms with Crippen LogP contribution >= 0.6 is 11.6 Å². The van der Waals surface area contributed by atoms with Crippen molar-refractivity contribution in [1.29, 1.82) is 0 Å². The lowest BCUT2D eigenvalue weighted by Crippen LogP contribution is -2.39. The average molecular weight is 678 g/mol. The second-order valence-corrected chi connectivity index (χ2v) is 15.6. The van der Waals surface area contributed by atoms with Crippen molar-refractivity contribution in [2.75, 3.05) is 23.7 Å². The van der Waals surface area contributed by atoms with E-state index < -0.39 is 37.5 Å². The van der Waals surface area contributed by atoms with E-state index in [-0.39, 0.29) is 30.9 Å². The molecule has 0 saturated carbocycles. The molecule has 5 rings (SSSR count). The summed E-state index contributed by atoms with van der Waals surface area (Å²) in [6, 6.07) is 15.7. The van der Waals surface area contributed by atoms with Gasteiger partial charge in [-0.25, -0.2) is 16.8 Å². The van der Waals surface area contributed by atoms with Gasteiger partial charge in [-0.1, -0.05) is 61.3 Å². The lowest BCUT2D eigenvalue weighted by molar-refractivity contribution is -0.548. The molecule has 0 N–H and O–H groups in total. The van der Waals surface area contributed by atoms with E-state index in [9.17, 15) is 25.9 Å². The summed E-state index contributed by atoms with van der Waals surface area (Å²) in [5.41, 5.74) is 2.87. The van der Waals surface area contributed by atoms with Crippen molar-refractivity contribution in [3.05, 3.63) is 71.8 Å². The quantitative estimate of drug-likeness (QED) is 0.204. The minimum Gasteiger partial charge on any atom is -0.748 e. The molecule has 10 nitrogen and oxygen atoms in total. The second kappa shape index (κ2) is 13.8. The Kier molecular flexibility index (Phi) is 10.3. The summed E-state index contributed by atoms with van der Waals surface area (Å²) >= 11 is 6.30. The summed E-state index contributed by atoms with van der Waals surface area (Å²) in [4.78, 5) is 2.05. The van der Waals surface area contributed by atoms with Crippen molar-refractivity contribution in [3.63, 3.8) is 0 Å². The Morgan fingerprint density at radius 2 is 1.80 bits per heavy atom. The number of hydrogen-bond donors (Lipinski definition) is 0. The highest BCUT2D eigenvalue weighted by Crippen LogP contribution is 2.42. The van der Waals surface area contributed by atoms with Gasteiger partial charge >= 0.3 is 5.90 Å². The first-order chi connectivity index (χ1) is 21.3. The molecule has 2 aromatic rings. The standard InChI is InChI=1S/C32H39ClN2O8S2/c1-3-23(18-31-34(15-7-17-44(36,37)38)28-21-26(33)11-13-30(28)43-31)19-32-35(16-14-22(2)45(39,40)41)27-20-25(10-12-29(27)42-32)24-8-5-4-6-9-24/h4-6,8-13,20-23,28,30,32H,3,7,14-19H2,1-2H3,(H-,36,37,38,39,40,41)/p-1. The summed E-state index contributed by atoms with van der Waals surface area (Å²) in [6.45, 7) is 4.14. The fourth-order valence-electron chi connectivity index (χ4n) is 6.08. The van der Waals surface area contributed by atoms with E-state index in [4.69, 9.17) is 21.1 Å². The highest BCUT2D eigenvalue weighted by molar-refractivity contribution is 7.86. The van der Waals surface area contributed by atoms with Crippen LogP contribution in [0.3, 0.4) is 0 Å². The molecule has 45 heavy (non-hydrogen) atoms. The topological polar surface area (TPSA) is 139 Å². The van der Waals surface area contributed by atoms with Crippen molar-refractivity contribution >= 4 is 43.4 Å². The first-order valence-corrected chi connectivity index (χ1v) is 18.6. The number of rotatable bonds is 14. The van der Waals surface area contributed by atoms with Crippen molar-refractivity contribution in [2.45, 2.75) is 69.6 Å². The molecule has 2 aliphatic heterocycles. The van der Waals surface area contributed by atoms with Gasteiger partial charge in [0, 0.05) is 41.5 Å². The zero-order valence-corrected chi connectivity index (χ0v) is 27.6. The molecule has 244 valence electrons. The van der Waals surface area contributed by atoms with Gasteiger partial charge < -0.3 is 23.5 Å².